The maximum absolute atomic E-state index is 11.6. The number of hydrogen-bond donors (Lipinski definition) is 5. The van der Waals surface area contributed by atoms with Crippen LogP contribution in [-0.2, 0) is 12.8 Å². The highest BCUT2D eigenvalue weighted by atomic mass is 16.5. The molecule has 1 aliphatic carbocycles. The van der Waals surface area contributed by atoms with Crippen LogP contribution in [0, 0.1) is 0 Å². The third kappa shape index (κ3) is 4.24. The lowest BCUT2D eigenvalue weighted by molar-refractivity contribution is 0.0875. The van der Waals surface area contributed by atoms with Crippen LogP contribution in [0.4, 0.5) is 0 Å². The van der Waals surface area contributed by atoms with E-state index in [1.807, 2.05) is 0 Å². The number of benzene rings is 3. The van der Waals surface area contributed by atoms with Crippen LogP contribution >= 0.6 is 0 Å². The lowest BCUT2D eigenvalue weighted by atomic mass is 9.77. The van der Waals surface area contributed by atoms with Crippen molar-refractivity contribution in [2.45, 2.75) is 31.3 Å². The maximum Gasteiger partial charge on any atom is 0.200 e. The molecule has 2 atom stereocenters. The lowest BCUT2D eigenvalue weighted by Gasteiger charge is -2.35. The Hall–Kier alpha value is -3.82. The molecular weight excluding hydrogens is 480 g/mol. The van der Waals surface area contributed by atoms with Crippen LogP contribution in [0.1, 0.15) is 40.7 Å². The quantitative estimate of drug-likeness (QED) is 0.302. The van der Waals surface area contributed by atoms with Crippen LogP contribution in [0.5, 0.6) is 40.2 Å². The Kier molecular flexibility index (Phi) is 6.66. The van der Waals surface area contributed by atoms with Crippen molar-refractivity contribution in [2.75, 3.05) is 34.0 Å². The van der Waals surface area contributed by atoms with Crippen LogP contribution in [0.25, 0.3) is 11.1 Å². The molecular formula is C28H30O9. The predicted molar refractivity (Wildman–Crippen MR) is 134 cm³/mol. The standard InChI is InChI=1S/C28H30O9/c1-34-21-11-15(30)10-18-16(21)4-5-17-25(18)20(31)12-22-26(17)27(32)19(13-37-22)14-8-23(35-2)28(33)24(9-14)36-7-3-6-29/h8-12,19,27,29-33H,3-7,13H2,1-2H3/t19-,27+/m1/s1. The fourth-order valence-electron chi connectivity index (χ4n) is 5.34. The van der Waals surface area contributed by atoms with Gasteiger partial charge in [0.2, 0.25) is 5.75 Å². The number of aliphatic hydroxyl groups is 2. The van der Waals surface area contributed by atoms with Crippen molar-refractivity contribution < 1.29 is 44.5 Å². The molecule has 2 aliphatic rings. The van der Waals surface area contributed by atoms with Gasteiger partial charge in [-0.05, 0) is 47.7 Å². The molecule has 5 rings (SSSR count). The number of phenols is 3. The molecule has 0 saturated carbocycles. The fourth-order valence-corrected chi connectivity index (χ4v) is 5.34. The summed E-state index contributed by atoms with van der Waals surface area (Å²) < 4.78 is 22.5. The summed E-state index contributed by atoms with van der Waals surface area (Å²) in [5, 5.41) is 52.5. The van der Waals surface area contributed by atoms with Gasteiger partial charge in [0.25, 0.3) is 0 Å². The molecule has 9 nitrogen and oxygen atoms in total. The highest BCUT2D eigenvalue weighted by Crippen LogP contribution is 2.53. The Morgan fingerprint density at radius 2 is 1.65 bits per heavy atom. The number of fused-ring (bicyclic) bond motifs is 5. The number of aromatic hydroxyl groups is 3. The largest absolute Gasteiger partial charge is 0.508 e. The molecule has 1 aliphatic heterocycles. The second kappa shape index (κ2) is 9.91. The van der Waals surface area contributed by atoms with E-state index >= 15 is 0 Å². The van der Waals surface area contributed by atoms with Crippen molar-refractivity contribution in [3.05, 3.63) is 52.6 Å². The van der Waals surface area contributed by atoms with Crippen molar-refractivity contribution in [3.63, 3.8) is 0 Å². The third-order valence-electron chi connectivity index (χ3n) is 7.09. The highest BCUT2D eigenvalue weighted by molar-refractivity contribution is 5.83. The number of methoxy groups -OCH3 is 2. The number of ether oxygens (including phenoxy) is 4. The van der Waals surface area contributed by atoms with Crippen LogP contribution < -0.4 is 18.9 Å². The SMILES string of the molecule is COc1cc([C@H]2COc3cc(O)c4c(c3[C@H]2O)CCc2c(OC)cc(O)cc2-4)cc(OCCCO)c1O. The molecule has 3 aromatic carbocycles. The zero-order valence-electron chi connectivity index (χ0n) is 20.7. The van der Waals surface area contributed by atoms with Gasteiger partial charge >= 0.3 is 0 Å². The smallest absolute Gasteiger partial charge is 0.200 e. The van der Waals surface area contributed by atoms with Crippen LogP contribution in [0.2, 0.25) is 0 Å². The lowest BCUT2D eigenvalue weighted by Crippen LogP contribution is -2.26. The number of aliphatic hydroxyl groups excluding tert-OH is 2. The summed E-state index contributed by atoms with van der Waals surface area (Å²) in [7, 11) is 2.97. The van der Waals surface area contributed by atoms with E-state index in [4.69, 9.17) is 24.1 Å². The molecule has 0 aromatic heterocycles. The summed E-state index contributed by atoms with van der Waals surface area (Å²) in [4.78, 5) is 0. The van der Waals surface area contributed by atoms with Crippen molar-refractivity contribution in [1.29, 1.82) is 0 Å². The molecule has 3 aromatic rings. The monoisotopic (exact) mass is 510 g/mol. The number of hydrogen-bond acceptors (Lipinski definition) is 9. The molecule has 1 heterocycles. The minimum Gasteiger partial charge on any atom is -0.508 e. The van der Waals surface area contributed by atoms with Gasteiger partial charge in [0.05, 0.1) is 33.5 Å². The van der Waals surface area contributed by atoms with Gasteiger partial charge in [-0.15, -0.1) is 0 Å². The minimum atomic E-state index is -0.988. The summed E-state index contributed by atoms with van der Waals surface area (Å²) in [5.74, 6) is 0.653. The molecule has 0 bridgehead atoms. The summed E-state index contributed by atoms with van der Waals surface area (Å²) in [6, 6.07) is 7.92. The van der Waals surface area contributed by atoms with E-state index in [2.05, 4.69) is 0 Å². The van der Waals surface area contributed by atoms with Gasteiger partial charge in [-0.1, -0.05) is 0 Å². The summed E-state index contributed by atoms with van der Waals surface area (Å²) in [5.41, 5.74) is 4.03. The second-order valence-corrected chi connectivity index (χ2v) is 9.19. The van der Waals surface area contributed by atoms with E-state index in [-0.39, 0.29) is 48.6 Å². The first-order chi connectivity index (χ1) is 17.9. The molecule has 0 radical (unpaired) electrons. The Labute approximate surface area is 214 Å². The predicted octanol–water partition coefficient (Wildman–Crippen LogP) is 3.56. The van der Waals surface area contributed by atoms with Gasteiger partial charge in [-0.3, -0.25) is 0 Å². The van der Waals surface area contributed by atoms with E-state index in [0.29, 0.717) is 53.0 Å². The molecule has 0 unspecified atom stereocenters. The Morgan fingerprint density at radius 1 is 0.919 bits per heavy atom. The summed E-state index contributed by atoms with van der Waals surface area (Å²) in [6.45, 7) is 0.279. The van der Waals surface area contributed by atoms with E-state index in [1.54, 1.807) is 24.3 Å². The first-order valence-corrected chi connectivity index (χ1v) is 12.1. The second-order valence-electron chi connectivity index (χ2n) is 9.19. The molecule has 0 saturated heterocycles. The first-order valence-electron chi connectivity index (χ1n) is 12.1. The van der Waals surface area contributed by atoms with Crippen LogP contribution in [0.3, 0.4) is 0 Å². The Morgan fingerprint density at radius 3 is 2.38 bits per heavy atom. The van der Waals surface area contributed by atoms with Crippen molar-refractivity contribution in [3.8, 4) is 51.4 Å². The molecule has 0 spiro atoms. The molecule has 37 heavy (non-hydrogen) atoms. The summed E-state index contributed by atoms with van der Waals surface area (Å²) >= 11 is 0. The van der Waals surface area contributed by atoms with Gasteiger partial charge in [0, 0.05) is 47.8 Å². The van der Waals surface area contributed by atoms with Crippen molar-refractivity contribution >= 4 is 0 Å². The molecule has 0 amide bonds. The zero-order chi connectivity index (χ0) is 26.3. The maximum atomic E-state index is 11.6. The molecule has 0 fully saturated rings. The number of rotatable bonds is 7. The van der Waals surface area contributed by atoms with E-state index in [1.165, 1.54) is 20.3 Å². The van der Waals surface area contributed by atoms with Gasteiger partial charge in [-0.25, -0.2) is 0 Å². The van der Waals surface area contributed by atoms with Gasteiger partial charge < -0.3 is 44.5 Å². The zero-order valence-corrected chi connectivity index (χ0v) is 20.7. The van der Waals surface area contributed by atoms with Gasteiger partial charge in [0.1, 0.15) is 23.0 Å². The topological polar surface area (TPSA) is 138 Å². The van der Waals surface area contributed by atoms with Crippen molar-refractivity contribution in [1.82, 2.24) is 0 Å². The van der Waals surface area contributed by atoms with Gasteiger partial charge in [0.15, 0.2) is 11.5 Å². The van der Waals surface area contributed by atoms with E-state index in [0.717, 1.165) is 11.1 Å². The summed E-state index contributed by atoms with van der Waals surface area (Å²) in [6.07, 6.45) is 0.529. The minimum absolute atomic E-state index is 0.00104. The van der Waals surface area contributed by atoms with Crippen molar-refractivity contribution in [2.24, 2.45) is 0 Å². The Bertz CT molecular complexity index is 1330. The number of phenolic OH excluding ortho intramolecular Hbond substituents is 3. The molecule has 9 heteroatoms. The van der Waals surface area contributed by atoms with E-state index in [9.17, 15) is 20.4 Å². The highest BCUT2D eigenvalue weighted by Gasteiger charge is 2.37. The molecule has 5 N–H and O–H groups in total. The average molecular weight is 511 g/mol. The fraction of sp³-hybridized carbons (Fsp3) is 0.357. The third-order valence-corrected chi connectivity index (χ3v) is 7.09. The first kappa shape index (κ1) is 24.9. The Balaban J connectivity index is 1.59. The average Bonchev–Trinajstić information content (AvgIpc) is 2.89. The van der Waals surface area contributed by atoms with Crippen LogP contribution in [0.15, 0.2) is 30.3 Å². The van der Waals surface area contributed by atoms with E-state index < -0.39 is 12.0 Å². The van der Waals surface area contributed by atoms with Gasteiger partial charge in [-0.2, -0.15) is 0 Å². The van der Waals surface area contributed by atoms with Crippen LogP contribution in [-0.4, -0.2) is 59.6 Å². The normalized spacial score (nSPS) is 17.7. The molecule has 196 valence electrons.